The first kappa shape index (κ1) is 16.3. The summed E-state index contributed by atoms with van der Waals surface area (Å²) in [6.07, 6.45) is 6.45. The van der Waals surface area contributed by atoms with Crippen molar-refractivity contribution >= 4 is 17.5 Å². The first-order valence-electron chi connectivity index (χ1n) is 7.83. The second-order valence-electron chi connectivity index (χ2n) is 5.80. The van der Waals surface area contributed by atoms with E-state index in [1.165, 1.54) is 6.42 Å². The molecule has 6 heteroatoms. The van der Waals surface area contributed by atoms with E-state index < -0.39 is 0 Å². The largest absolute Gasteiger partial charge is 0.394 e. The van der Waals surface area contributed by atoms with Crippen molar-refractivity contribution < 1.29 is 0 Å². The van der Waals surface area contributed by atoms with E-state index >= 15 is 0 Å². The lowest BCUT2D eigenvalue weighted by Gasteiger charge is -2.33. The van der Waals surface area contributed by atoms with E-state index in [1.807, 2.05) is 33.2 Å². The van der Waals surface area contributed by atoms with E-state index in [0.717, 1.165) is 42.9 Å². The lowest BCUT2D eigenvalue weighted by molar-refractivity contribution is 0.641. The molecule has 1 aromatic rings. The van der Waals surface area contributed by atoms with Crippen molar-refractivity contribution in [1.82, 2.24) is 15.3 Å². The van der Waals surface area contributed by atoms with E-state index in [0.29, 0.717) is 11.7 Å². The lowest BCUT2D eigenvalue weighted by atomic mass is 9.98. The molecule has 1 fully saturated rings. The monoisotopic (exact) mass is 302 g/mol. The smallest absolute Gasteiger partial charge is 0.222 e. The van der Waals surface area contributed by atoms with Gasteiger partial charge in [0.05, 0.1) is 6.04 Å². The van der Waals surface area contributed by atoms with Crippen LogP contribution in [-0.2, 0) is 0 Å². The van der Waals surface area contributed by atoms with Gasteiger partial charge in [-0.2, -0.15) is 4.98 Å². The number of aryl methyl sites for hydroxylation is 1. The quantitative estimate of drug-likeness (QED) is 0.742. The Hall–Kier alpha value is -2.11. The fourth-order valence-corrected chi connectivity index (χ4v) is 3.04. The van der Waals surface area contributed by atoms with Crippen LogP contribution in [0.5, 0.6) is 0 Å². The Kier molecular flexibility index (Phi) is 5.35. The molecule has 22 heavy (non-hydrogen) atoms. The fourth-order valence-electron chi connectivity index (χ4n) is 3.04. The van der Waals surface area contributed by atoms with Crippen molar-refractivity contribution in [1.29, 1.82) is 5.41 Å². The zero-order chi connectivity index (χ0) is 16.1. The number of nitrogens with two attached hydrogens (primary N) is 1. The number of rotatable bonds is 4. The summed E-state index contributed by atoms with van der Waals surface area (Å²) in [5.74, 6) is 1.17. The molecule has 1 atom stereocenters. The van der Waals surface area contributed by atoms with Gasteiger partial charge in [0.2, 0.25) is 5.95 Å². The van der Waals surface area contributed by atoms with Crippen molar-refractivity contribution in [3.63, 3.8) is 0 Å². The Balaban J connectivity index is 2.43. The zero-order valence-electron chi connectivity index (χ0n) is 13.7. The van der Waals surface area contributed by atoms with E-state index in [4.69, 9.17) is 11.1 Å². The predicted octanol–water partition coefficient (Wildman–Crippen LogP) is 2.26. The maximum atomic E-state index is 8.11. The van der Waals surface area contributed by atoms with Gasteiger partial charge in [-0.3, -0.25) is 0 Å². The minimum atomic E-state index is 0.154. The Morgan fingerprint density at radius 3 is 2.82 bits per heavy atom. The maximum Gasteiger partial charge on any atom is 0.222 e. The SMILES string of the molecule is CN/C=C(\C(C)=N)C1CCCCCN1c1cc(C)nc(N)n1. The van der Waals surface area contributed by atoms with E-state index in [9.17, 15) is 0 Å². The summed E-state index contributed by atoms with van der Waals surface area (Å²) < 4.78 is 0. The summed E-state index contributed by atoms with van der Waals surface area (Å²) in [5, 5.41) is 11.2. The van der Waals surface area contributed by atoms with E-state index in [2.05, 4.69) is 20.2 Å². The normalized spacial score (nSPS) is 19.7. The van der Waals surface area contributed by atoms with Crippen LogP contribution in [0, 0.1) is 12.3 Å². The van der Waals surface area contributed by atoms with Gasteiger partial charge in [-0.05, 0) is 26.7 Å². The van der Waals surface area contributed by atoms with Crippen LogP contribution < -0.4 is 16.0 Å². The van der Waals surface area contributed by atoms with Crippen molar-refractivity contribution in [3.05, 3.63) is 23.5 Å². The van der Waals surface area contributed by atoms with E-state index in [-0.39, 0.29) is 6.04 Å². The van der Waals surface area contributed by atoms with Gasteiger partial charge in [0, 0.05) is 42.8 Å². The molecule has 2 rings (SSSR count). The van der Waals surface area contributed by atoms with Gasteiger partial charge in [0.15, 0.2) is 0 Å². The number of anilines is 2. The summed E-state index contributed by atoms with van der Waals surface area (Å²) in [6.45, 7) is 4.70. The second-order valence-corrected chi connectivity index (χ2v) is 5.80. The van der Waals surface area contributed by atoms with Crippen LogP contribution in [0.4, 0.5) is 11.8 Å². The Bertz CT molecular complexity index is 546. The molecule has 0 bridgehead atoms. The summed E-state index contributed by atoms with van der Waals surface area (Å²) in [5.41, 5.74) is 8.30. The molecule has 0 radical (unpaired) electrons. The molecule has 0 spiro atoms. The molecule has 2 heterocycles. The highest BCUT2D eigenvalue weighted by Gasteiger charge is 2.27. The first-order valence-corrected chi connectivity index (χ1v) is 7.83. The van der Waals surface area contributed by atoms with Crippen molar-refractivity contribution in [2.75, 3.05) is 24.2 Å². The van der Waals surface area contributed by atoms with Crippen LogP contribution in [0.3, 0.4) is 0 Å². The number of nitrogens with zero attached hydrogens (tertiary/aromatic N) is 3. The standard InChI is InChI=1S/C16H26N6/c1-11-9-15(21-16(18)20-11)22-8-6-4-5-7-14(22)13(10-19-3)12(2)17/h9-10,14,17,19H,4-8H2,1-3H3,(H2,18,20,21)/b13-10+,17-12?. The molecular formula is C16H26N6. The molecule has 1 saturated heterocycles. The maximum absolute atomic E-state index is 8.11. The third kappa shape index (κ3) is 3.75. The molecule has 0 amide bonds. The zero-order valence-corrected chi connectivity index (χ0v) is 13.7. The molecule has 1 aliphatic rings. The van der Waals surface area contributed by atoms with Crippen molar-refractivity contribution in [2.45, 2.75) is 45.6 Å². The molecule has 0 aromatic carbocycles. The summed E-state index contributed by atoms with van der Waals surface area (Å²) in [6, 6.07) is 2.13. The van der Waals surface area contributed by atoms with Crippen molar-refractivity contribution in [2.24, 2.45) is 0 Å². The third-order valence-corrected chi connectivity index (χ3v) is 4.00. The van der Waals surface area contributed by atoms with Gasteiger partial charge in [-0.25, -0.2) is 4.98 Å². The molecule has 120 valence electrons. The summed E-state index contributed by atoms with van der Waals surface area (Å²) >= 11 is 0. The minimum absolute atomic E-state index is 0.154. The van der Waals surface area contributed by atoms with Gasteiger partial charge in [-0.1, -0.05) is 12.8 Å². The molecule has 1 aromatic heterocycles. The van der Waals surface area contributed by atoms with Gasteiger partial charge in [0.25, 0.3) is 0 Å². The Labute approximate surface area is 132 Å². The van der Waals surface area contributed by atoms with Gasteiger partial charge >= 0.3 is 0 Å². The third-order valence-electron chi connectivity index (χ3n) is 4.00. The van der Waals surface area contributed by atoms with Crippen LogP contribution in [0.1, 0.15) is 38.3 Å². The molecule has 6 nitrogen and oxygen atoms in total. The molecule has 1 unspecified atom stereocenters. The van der Waals surface area contributed by atoms with Crippen LogP contribution in [0.15, 0.2) is 17.8 Å². The average molecular weight is 302 g/mol. The average Bonchev–Trinajstić information content (AvgIpc) is 2.68. The predicted molar refractivity (Wildman–Crippen MR) is 91.3 cm³/mol. The summed E-state index contributed by atoms with van der Waals surface area (Å²) in [4.78, 5) is 10.9. The van der Waals surface area contributed by atoms with Crippen LogP contribution in [-0.4, -0.2) is 35.3 Å². The fraction of sp³-hybridized carbons (Fsp3) is 0.562. The molecule has 1 aliphatic heterocycles. The van der Waals surface area contributed by atoms with Crippen LogP contribution in [0.25, 0.3) is 0 Å². The summed E-state index contributed by atoms with van der Waals surface area (Å²) in [7, 11) is 1.87. The molecular weight excluding hydrogens is 276 g/mol. The molecule has 0 aliphatic carbocycles. The van der Waals surface area contributed by atoms with Gasteiger partial charge < -0.3 is 21.4 Å². The number of hydrogen-bond donors (Lipinski definition) is 3. The Morgan fingerprint density at radius 1 is 1.41 bits per heavy atom. The minimum Gasteiger partial charge on any atom is -0.394 e. The van der Waals surface area contributed by atoms with Crippen molar-refractivity contribution in [3.8, 4) is 0 Å². The molecule has 0 saturated carbocycles. The number of hydrogen-bond acceptors (Lipinski definition) is 6. The second kappa shape index (κ2) is 7.24. The number of aromatic nitrogens is 2. The number of nitrogens with one attached hydrogen (secondary N) is 2. The lowest BCUT2D eigenvalue weighted by Crippen LogP contribution is -2.39. The van der Waals surface area contributed by atoms with Crippen LogP contribution in [0.2, 0.25) is 0 Å². The molecule has 4 N–H and O–H groups in total. The highest BCUT2D eigenvalue weighted by Crippen LogP contribution is 2.28. The number of nitrogen functional groups attached to an aromatic ring is 1. The van der Waals surface area contributed by atoms with Gasteiger partial charge in [0.1, 0.15) is 5.82 Å². The van der Waals surface area contributed by atoms with Crippen LogP contribution >= 0.6 is 0 Å². The van der Waals surface area contributed by atoms with E-state index in [1.54, 1.807) is 0 Å². The first-order chi connectivity index (χ1) is 10.5. The Morgan fingerprint density at radius 2 is 2.18 bits per heavy atom. The van der Waals surface area contributed by atoms with Gasteiger partial charge in [-0.15, -0.1) is 0 Å². The highest BCUT2D eigenvalue weighted by atomic mass is 15.2. The highest BCUT2D eigenvalue weighted by molar-refractivity contribution is 5.97. The topological polar surface area (TPSA) is 90.9 Å².